The van der Waals surface area contributed by atoms with Crippen LogP contribution in [0, 0.1) is 0 Å². The van der Waals surface area contributed by atoms with Crippen LogP contribution >= 0.6 is 0 Å². The van der Waals surface area contributed by atoms with E-state index in [0.29, 0.717) is 5.92 Å². The van der Waals surface area contributed by atoms with E-state index in [1.54, 1.807) is 6.26 Å². The zero-order chi connectivity index (χ0) is 14.8. The Morgan fingerprint density at radius 2 is 1.71 bits per heavy atom. The molecule has 2 aromatic carbocycles. The van der Waals surface area contributed by atoms with E-state index in [2.05, 4.69) is 44.2 Å². The molecule has 0 aliphatic heterocycles. The van der Waals surface area contributed by atoms with Gasteiger partial charge < -0.3 is 10.2 Å². The monoisotopic (exact) mass is 279 g/mol. The van der Waals surface area contributed by atoms with Crippen LogP contribution < -0.4 is 5.73 Å². The van der Waals surface area contributed by atoms with Crippen LogP contribution in [0.15, 0.2) is 59.2 Å². The molecule has 1 aromatic heterocycles. The van der Waals surface area contributed by atoms with Crippen molar-refractivity contribution in [2.45, 2.75) is 32.2 Å². The highest BCUT2D eigenvalue weighted by atomic mass is 16.3. The van der Waals surface area contributed by atoms with Crippen molar-refractivity contribution in [3.63, 3.8) is 0 Å². The van der Waals surface area contributed by atoms with E-state index >= 15 is 0 Å². The largest absolute Gasteiger partial charge is 0.464 e. The molecule has 0 aliphatic rings. The number of rotatable bonds is 4. The van der Waals surface area contributed by atoms with Gasteiger partial charge in [-0.1, -0.05) is 56.3 Å². The first-order chi connectivity index (χ1) is 10.1. The topological polar surface area (TPSA) is 39.2 Å². The molecule has 1 heterocycles. The van der Waals surface area contributed by atoms with Crippen molar-refractivity contribution in [1.29, 1.82) is 0 Å². The fraction of sp³-hybridized carbons (Fsp3) is 0.263. The Morgan fingerprint density at radius 3 is 2.43 bits per heavy atom. The van der Waals surface area contributed by atoms with Gasteiger partial charge in [-0.3, -0.25) is 0 Å². The third-order valence-electron chi connectivity index (χ3n) is 4.01. The average molecular weight is 279 g/mol. The maximum Gasteiger partial charge on any atom is 0.134 e. The highest BCUT2D eigenvalue weighted by molar-refractivity contribution is 5.81. The molecule has 2 heteroatoms. The van der Waals surface area contributed by atoms with Gasteiger partial charge in [-0.2, -0.15) is 0 Å². The molecule has 0 saturated carbocycles. The molecule has 0 fully saturated rings. The van der Waals surface area contributed by atoms with E-state index < -0.39 is 0 Å². The molecule has 21 heavy (non-hydrogen) atoms. The van der Waals surface area contributed by atoms with E-state index in [9.17, 15) is 0 Å². The molecule has 3 aromatic rings. The van der Waals surface area contributed by atoms with Gasteiger partial charge in [0, 0.05) is 17.0 Å². The lowest BCUT2D eigenvalue weighted by Gasteiger charge is -2.12. The van der Waals surface area contributed by atoms with Gasteiger partial charge in [0.15, 0.2) is 0 Å². The van der Waals surface area contributed by atoms with Crippen molar-refractivity contribution < 1.29 is 4.42 Å². The second-order valence-electron chi connectivity index (χ2n) is 5.89. The highest BCUT2D eigenvalue weighted by Crippen LogP contribution is 2.27. The number of fused-ring (bicyclic) bond motifs is 1. The molecule has 0 aliphatic carbocycles. The van der Waals surface area contributed by atoms with Crippen molar-refractivity contribution in [3.8, 4) is 0 Å². The molecule has 0 amide bonds. The number of hydrogen-bond acceptors (Lipinski definition) is 2. The molecule has 0 spiro atoms. The number of para-hydroxylation sites is 1. The zero-order valence-corrected chi connectivity index (χ0v) is 12.5. The Kier molecular flexibility index (Phi) is 3.80. The van der Waals surface area contributed by atoms with Crippen LogP contribution in [-0.2, 0) is 6.42 Å². The van der Waals surface area contributed by atoms with Gasteiger partial charge in [0.05, 0.1) is 6.26 Å². The number of nitrogens with two attached hydrogens (primary N) is 1. The summed E-state index contributed by atoms with van der Waals surface area (Å²) in [5.74, 6) is 0.561. The van der Waals surface area contributed by atoms with Crippen LogP contribution in [0.2, 0.25) is 0 Å². The van der Waals surface area contributed by atoms with Crippen molar-refractivity contribution in [2.75, 3.05) is 0 Å². The molecule has 3 rings (SSSR count). The van der Waals surface area contributed by atoms with Gasteiger partial charge in [0.1, 0.15) is 5.58 Å². The standard InChI is InChI=1S/C19H21NO/c1-13(2)15-9-7-14(8-10-15)11-18(20)17-12-21-19-6-4-3-5-16(17)19/h3-10,12-13,18H,11,20H2,1-2H3. The second-order valence-corrected chi connectivity index (χ2v) is 5.89. The Balaban J connectivity index is 1.81. The van der Waals surface area contributed by atoms with Gasteiger partial charge in [-0.15, -0.1) is 0 Å². The van der Waals surface area contributed by atoms with E-state index in [1.807, 2.05) is 18.2 Å². The molecule has 108 valence electrons. The van der Waals surface area contributed by atoms with Gasteiger partial charge in [-0.25, -0.2) is 0 Å². The maximum atomic E-state index is 6.38. The summed E-state index contributed by atoms with van der Waals surface area (Å²) < 4.78 is 5.58. The van der Waals surface area contributed by atoms with Crippen molar-refractivity contribution in [1.82, 2.24) is 0 Å². The second kappa shape index (κ2) is 5.74. The fourth-order valence-electron chi connectivity index (χ4n) is 2.69. The van der Waals surface area contributed by atoms with E-state index in [0.717, 1.165) is 23.0 Å². The highest BCUT2D eigenvalue weighted by Gasteiger charge is 2.13. The van der Waals surface area contributed by atoms with Gasteiger partial charge >= 0.3 is 0 Å². The summed E-state index contributed by atoms with van der Waals surface area (Å²) in [6, 6.07) is 16.7. The number of hydrogen-bond donors (Lipinski definition) is 1. The molecular formula is C19H21NO. The molecule has 2 nitrogen and oxygen atoms in total. The van der Waals surface area contributed by atoms with Crippen LogP contribution in [0.3, 0.4) is 0 Å². The van der Waals surface area contributed by atoms with E-state index in [1.165, 1.54) is 11.1 Å². The van der Waals surface area contributed by atoms with Gasteiger partial charge in [-0.05, 0) is 29.5 Å². The Labute approximate surface area is 125 Å². The smallest absolute Gasteiger partial charge is 0.134 e. The van der Waals surface area contributed by atoms with E-state index in [-0.39, 0.29) is 6.04 Å². The van der Waals surface area contributed by atoms with E-state index in [4.69, 9.17) is 10.2 Å². The Morgan fingerprint density at radius 1 is 1.00 bits per heavy atom. The predicted octanol–water partition coefficient (Wildman–Crippen LogP) is 4.80. The molecular weight excluding hydrogens is 258 g/mol. The molecule has 0 bridgehead atoms. The van der Waals surface area contributed by atoms with Crippen LogP contribution in [0.25, 0.3) is 11.0 Å². The summed E-state index contributed by atoms with van der Waals surface area (Å²) in [6.45, 7) is 4.41. The van der Waals surface area contributed by atoms with Gasteiger partial charge in [0.2, 0.25) is 0 Å². The third-order valence-corrected chi connectivity index (χ3v) is 4.01. The lowest BCUT2D eigenvalue weighted by atomic mass is 9.96. The summed E-state index contributed by atoms with van der Waals surface area (Å²) in [5, 5.41) is 1.11. The zero-order valence-electron chi connectivity index (χ0n) is 12.5. The first-order valence-electron chi connectivity index (χ1n) is 7.45. The number of furan rings is 1. The molecule has 0 saturated heterocycles. The minimum Gasteiger partial charge on any atom is -0.464 e. The normalized spacial score (nSPS) is 13.0. The summed E-state index contributed by atoms with van der Waals surface area (Å²) >= 11 is 0. The van der Waals surface area contributed by atoms with Gasteiger partial charge in [0.25, 0.3) is 0 Å². The molecule has 2 N–H and O–H groups in total. The lowest BCUT2D eigenvalue weighted by molar-refractivity contribution is 0.599. The molecule has 0 radical (unpaired) electrons. The summed E-state index contributed by atoms with van der Waals surface area (Å²) in [4.78, 5) is 0. The quantitative estimate of drug-likeness (QED) is 0.745. The minimum absolute atomic E-state index is 0.0430. The Bertz CT molecular complexity index is 725. The van der Waals surface area contributed by atoms with Crippen LogP contribution in [0.5, 0.6) is 0 Å². The average Bonchev–Trinajstić information content (AvgIpc) is 2.92. The van der Waals surface area contributed by atoms with Crippen LogP contribution in [0.1, 0.15) is 42.5 Å². The van der Waals surface area contributed by atoms with Crippen LogP contribution in [-0.4, -0.2) is 0 Å². The number of benzene rings is 2. The molecule has 1 atom stereocenters. The minimum atomic E-state index is -0.0430. The maximum absolute atomic E-state index is 6.38. The Hall–Kier alpha value is -2.06. The van der Waals surface area contributed by atoms with Crippen molar-refractivity contribution >= 4 is 11.0 Å². The first-order valence-corrected chi connectivity index (χ1v) is 7.45. The first kappa shape index (κ1) is 13.9. The summed E-state index contributed by atoms with van der Waals surface area (Å²) in [6.07, 6.45) is 2.61. The fourth-order valence-corrected chi connectivity index (χ4v) is 2.69. The van der Waals surface area contributed by atoms with Crippen molar-refractivity contribution in [2.24, 2.45) is 5.73 Å². The van der Waals surface area contributed by atoms with Crippen LogP contribution in [0.4, 0.5) is 0 Å². The van der Waals surface area contributed by atoms with Crippen molar-refractivity contribution in [3.05, 3.63) is 71.5 Å². The molecule has 1 unspecified atom stereocenters. The predicted molar refractivity (Wildman–Crippen MR) is 87.4 cm³/mol. The summed E-state index contributed by atoms with van der Waals surface area (Å²) in [5.41, 5.74) is 11.0. The lowest BCUT2D eigenvalue weighted by Crippen LogP contribution is -2.12. The SMILES string of the molecule is CC(C)c1ccc(CC(N)c2coc3ccccc23)cc1. The summed E-state index contributed by atoms with van der Waals surface area (Å²) in [7, 11) is 0. The third kappa shape index (κ3) is 2.86.